The van der Waals surface area contributed by atoms with Crippen LogP contribution in [-0.4, -0.2) is 45.8 Å². The zero-order valence-electron chi connectivity index (χ0n) is 13.9. The molecular formula is C17H25N3O2S. The van der Waals surface area contributed by atoms with Crippen molar-refractivity contribution >= 4 is 28.7 Å². The van der Waals surface area contributed by atoms with Gasteiger partial charge in [0.2, 0.25) is 5.91 Å². The zero-order valence-corrected chi connectivity index (χ0v) is 14.7. The van der Waals surface area contributed by atoms with Crippen LogP contribution in [0.15, 0.2) is 4.99 Å². The quantitative estimate of drug-likeness (QED) is 0.839. The maximum Gasteiger partial charge on any atom is 0.264 e. The van der Waals surface area contributed by atoms with Gasteiger partial charge in [0.15, 0.2) is 5.17 Å². The van der Waals surface area contributed by atoms with Crippen molar-refractivity contribution in [1.82, 2.24) is 10.2 Å². The standard InChI is InChI=1S/C17H25N3O2S/c1-10(21)20-6-5-13(9-20)17(2)15(22)19-16(23-17)18-14-8-11-3-4-12(14)7-11/h11-14H,3-9H2,1-2H3,(H,18,19,22)/t11-,12-,13?,14-,17?/m0/s1. The molecule has 2 bridgehead atoms. The van der Waals surface area contributed by atoms with E-state index in [2.05, 4.69) is 10.3 Å². The maximum absolute atomic E-state index is 12.6. The fraction of sp³-hybridized carbons (Fsp3) is 0.824. The minimum atomic E-state index is -0.510. The van der Waals surface area contributed by atoms with Crippen LogP contribution in [0, 0.1) is 17.8 Å². The Morgan fingerprint density at radius 2 is 2.17 bits per heavy atom. The number of aliphatic imine (C=N–C) groups is 1. The number of hydrogen-bond acceptors (Lipinski definition) is 4. The number of rotatable bonds is 2. The molecule has 1 N–H and O–H groups in total. The van der Waals surface area contributed by atoms with Crippen molar-refractivity contribution in [3.63, 3.8) is 0 Å². The molecule has 23 heavy (non-hydrogen) atoms. The molecule has 4 rings (SSSR count). The molecule has 2 aliphatic carbocycles. The molecular weight excluding hydrogens is 310 g/mol. The first-order valence-electron chi connectivity index (χ1n) is 8.80. The van der Waals surface area contributed by atoms with Crippen molar-refractivity contribution in [3.8, 4) is 0 Å². The number of thioether (sulfide) groups is 1. The van der Waals surface area contributed by atoms with Crippen LogP contribution in [0.25, 0.3) is 0 Å². The number of likely N-dealkylation sites (tertiary alicyclic amines) is 1. The van der Waals surface area contributed by atoms with Crippen LogP contribution in [0.2, 0.25) is 0 Å². The molecule has 0 aromatic carbocycles. The van der Waals surface area contributed by atoms with Crippen LogP contribution in [0.1, 0.15) is 46.0 Å². The molecule has 6 heteroatoms. The molecule has 0 spiro atoms. The molecule has 1 saturated heterocycles. The number of nitrogens with one attached hydrogen (secondary N) is 1. The Kier molecular flexibility index (Phi) is 3.70. The average molecular weight is 335 g/mol. The Hall–Kier alpha value is -1.04. The smallest absolute Gasteiger partial charge is 0.264 e. The lowest BCUT2D eigenvalue weighted by molar-refractivity contribution is -0.128. The molecule has 2 aliphatic heterocycles. The number of amidine groups is 1. The molecule has 0 radical (unpaired) electrons. The van der Waals surface area contributed by atoms with Gasteiger partial charge in [-0.15, -0.1) is 0 Å². The van der Waals surface area contributed by atoms with Crippen LogP contribution in [0.3, 0.4) is 0 Å². The summed E-state index contributed by atoms with van der Waals surface area (Å²) in [6.45, 7) is 5.06. The summed E-state index contributed by atoms with van der Waals surface area (Å²) in [6.07, 6.45) is 6.17. The molecule has 2 amide bonds. The fourth-order valence-corrected chi connectivity index (χ4v) is 6.10. The predicted molar refractivity (Wildman–Crippen MR) is 91.2 cm³/mol. The molecule has 126 valence electrons. The lowest BCUT2D eigenvalue weighted by Crippen LogP contribution is -2.40. The number of carbonyl (C=O) groups is 2. The number of nitrogens with zero attached hydrogens (tertiary/aromatic N) is 2. The lowest BCUT2D eigenvalue weighted by Gasteiger charge is -2.28. The molecule has 2 heterocycles. The summed E-state index contributed by atoms with van der Waals surface area (Å²) in [5.41, 5.74) is 0. The molecule has 3 fully saturated rings. The van der Waals surface area contributed by atoms with Gasteiger partial charge in [-0.1, -0.05) is 18.2 Å². The van der Waals surface area contributed by atoms with E-state index in [4.69, 9.17) is 0 Å². The molecule has 2 saturated carbocycles. The second-order valence-electron chi connectivity index (χ2n) is 7.81. The summed E-state index contributed by atoms with van der Waals surface area (Å²) < 4.78 is -0.510. The fourth-order valence-electron chi connectivity index (χ4n) is 4.87. The Bertz CT molecular complexity index is 578. The molecule has 0 aromatic rings. The number of fused-ring (bicyclic) bond motifs is 2. The highest BCUT2D eigenvalue weighted by Crippen LogP contribution is 2.47. The Morgan fingerprint density at radius 3 is 2.78 bits per heavy atom. The first-order chi connectivity index (χ1) is 11.0. The summed E-state index contributed by atoms with van der Waals surface area (Å²) >= 11 is 1.60. The van der Waals surface area contributed by atoms with Gasteiger partial charge in [-0.3, -0.25) is 9.59 Å². The van der Waals surface area contributed by atoms with Gasteiger partial charge >= 0.3 is 0 Å². The zero-order chi connectivity index (χ0) is 16.2. The molecule has 5 nitrogen and oxygen atoms in total. The van der Waals surface area contributed by atoms with E-state index in [0.717, 1.165) is 30.0 Å². The van der Waals surface area contributed by atoms with Crippen LogP contribution in [-0.2, 0) is 9.59 Å². The third-order valence-electron chi connectivity index (χ3n) is 6.40. The van der Waals surface area contributed by atoms with E-state index in [-0.39, 0.29) is 17.7 Å². The van der Waals surface area contributed by atoms with Gasteiger partial charge in [0.1, 0.15) is 4.75 Å². The van der Waals surface area contributed by atoms with Gasteiger partial charge in [-0.05, 0) is 44.4 Å². The lowest BCUT2D eigenvalue weighted by atomic mass is 9.91. The monoisotopic (exact) mass is 335 g/mol. The van der Waals surface area contributed by atoms with Gasteiger partial charge in [-0.2, -0.15) is 4.99 Å². The van der Waals surface area contributed by atoms with Crippen molar-refractivity contribution in [1.29, 1.82) is 0 Å². The van der Waals surface area contributed by atoms with Crippen LogP contribution >= 0.6 is 11.8 Å². The summed E-state index contributed by atoms with van der Waals surface area (Å²) in [5.74, 6) is 1.93. The van der Waals surface area contributed by atoms with Crippen LogP contribution < -0.4 is 5.32 Å². The highest BCUT2D eigenvalue weighted by molar-refractivity contribution is 8.16. The minimum Gasteiger partial charge on any atom is -0.361 e. The van der Waals surface area contributed by atoms with Crippen molar-refractivity contribution in [2.24, 2.45) is 22.7 Å². The van der Waals surface area contributed by atoms with Crippen LogP contribution in [0.4, 0.5) is 0 Å². The van der Waals surface area contributed by atoms with Crippen molar-refractivity contribution in [2.45, 2.75) is 56.7 Å². The average Bonchev–Trinajstić information content (AvgIpc) is 3.24. The maximum atomic E-state index is 12.6. The van der Waals surface area contributed by atoms with E-state index >= 15 is 0 Å². The number of hydrogen-bond donors (Lipinski definition) is 1. The van der Waals surface area contributed by atoms with Crippen LogP contribution in [0.5, 0.6) is 0 Å². The second-order valence-corrected chi connectivity index (χ2v) is 9.25. The SMILES string of the molecule is CC(=O)N1CCC(C2(C)SC(N[C@H]3C[C@H]4CC[C@H]3C4)=NC2=O)C1. The highest BCUT2D eigenvalue weighted by Gasteiger charge is 2.50. The topological polar surface area (TPSA) is 61.8 Å². The number of amides is 2. The van der Waals surface area contributed by atoms with Crippen molar-refractivity contribution in [2.75, 3.05) is 13.1 Å². The second kappa shape index (κ2) is 5.50. The highest BCUT2D eigenvalue weighted by atomic mass is 32.2. The summed E-state index contributed by atoms with van der Waals surface area (Å²) in [7, 11) is 0. The van der Waals surface area contributed by atoms with E-state index in [1.807, 2.05) is 11.8 Å². The van der Waals surface area contributed by atoms with Gasteiger partial charge < -0.3 is 10.2 Å². The Balaban J connectivity index is 1.41. The molecule has 5 atom stereocenters. The first-order valence-corrected chi connectivity index (χ1v) is 9.61. The van der Waals surface area contributed by atoms with E-state index in [1.54, 1.807) is 18.7 Å². The predicted octanol–water partition coefficient (Wildman–Crippen LogP) is 2.02. The van der Waals surface area contributed by atoms with E-state index < -0.39 is 4.75 Å². The summed E-state index contributed by atoms with van der Waals surface area (Å²) in [4.78, 5) is 30.3. The Labute approximate surface area is 141 Å². The minimum absolute atomic E-state index is 0.0245. The number of carbonyl (C=O) groups excluding carboxylic acids is 2. The summed E-state index contributed by atoms with van der Waals surface area (Å²) in [5, 5.41) is 4.38. The van der Waals surface area contributed by atoms with E-state index in [0.29, 0.717) is 12.6 Å². The summed E-state index contributed by atoms with van der Waals surface area (Å²) in [6, 6.07) is 0.507. The van der Waals surface area contributed by atoms with Gasteiger partial charge in [-0.25, -0.2) is 0 Å². The van der Waals surface area contributed by atoms with Gasteiger partial charge in [0.25, 0.3) is 5.91 Å². The third-order valence-corrected chi connectivity index (χ3v) is 7.73. The van der Waals surface area contributed by atoms with E-state index in [9.17, 15) is 9.59 Å². The van der Waals surface area contributed by atoms with Gasteiger partial charge in [0, 0.05) is 32.0 Å². The molecule has 4 aliphatic rings. The van der Waals surface area contributed by atoms with Gasteiger partial charge in [0.05, 0.1) is 0 Å². The first kappa shape index (κ1) is 15.5. The largest absolute Gasteiger partial charge is 0.361 e. The Morgan fingerprint density at radius 1 is 1.35 bits per heavy atom. The normalized spacial score (nSPS) is 42.4. The van der Waals surface area contributed by atoms with E-state index in [1.165, 1.54) is 25.7 Å². The molecule has 0 aromatic heterocycles. The van der Waals surface area contributed by atoms with Crippen molar-refractivity contribution < 1.29 is 9.59 Å². The third kappa shape index (κ3) is 2.59. The molecule has 2 unspecified atom stereocenters. The van der Waals surface area contributed by atoms with Crippen molar-refractivity contribution in [3.05, 3.63) is 0 Å².